The van der Waals surface area contributed by atoms with Crippen LogP contribution in [0.2, 0.25) is 0 Å². The van der Waals surface area contributed by atoms with Crippen molar-refractivity contribution < 1.29 is 14.6 Å². The second-order valence-electron chi connectivity index (χ2n) is 8.35. The Kier molecular flexibility index (Phi) is 5.88. The maximum absolute atomic E-state index is 10.7. The number of carboxylic acid groups (broad SMARTS) is 1. The summed E-state index contributed by atoms with van der Waals surface area (Å²) in [5, 5.41) is 10.0. The van der Waals surface area contributed by atoms with Crippen LogP contribution >= 0.6 is 0 Å². The van der Waals surface area contributed by atoms with Gasteiger partial charge in [0.25, 0.3) is 0 Å². The van der Waals surface area contributed by atoms with Crippen molar-refractivity contribution in [3.8, 4) is 28.1 Å². The van der Waals surface area contributed by atoms with Crippen molar-refractivity contribution in [2.45, 2.75) is 13.5 Å². The summed E-state index contributed by atoms with van der Waals surface area (Å²) in [6, 6.07) is 35.2. The lowest BCUT2D eigenvalue weighted by atomic mass is 10.0. The fourth-order valence-corrected chi connectivity index (χ4v) is 4.49. The minimum absolute atomic E-state index is 0.346. The Morgan fingerprint density at radius 2 is 1.44 bits per heavy atom. The van der Waals surface area contributed by atoms with Gasteiger partial charge in [-0.1, -0.05) is 78.9 Å². The second-order valence-corrected chi connectivity index (χ2v) is 8.35. The Morgan fingerprint density at radius 1 is 0.794 bits per heavy atom. The van der Waals surface area contributed by atoms with Gasteiger partial charge in [-0.3, -0.25) is 0 Å². The standard InChI is InChI=1S/C30H25NO3/c1-21-27-18-25(23-12-15-26(16-13-23)34-20-29(32)33)14-17-28(27)31(19-22-8-4-2-5-9-22)30(21)24-10-6-3-7-11-24/h2-18H,19-20H2,1H3,(H,32,33). The molecule has 34 heavy (non-hydrogen) atoms. The summed E-state index contributed by atoms with van der Waals surface area (Å²) in [4.78, 5) is 10.7. The minimum Gasteiger partial charge on any atom is -0.482 e. The van der Waals surface area contributed by atoms with Crippen molar-refractivity contribution >= 4 is 16.9 Å². The van der Waals surface area contributed by atoms with Gasteiger partial charge in [0.15, 0.2) is 6.61 Å². The van der Waals surface area contributed by atoms with E-state index >= 15 is 0 Å². The van der Waals surface area contributed by atoms with Gasteiger partial charge in [-0.05, 0) is 59.0 Å². The predicted molar refractivity (Wildman–Crippen MR) is 136 cm³/mol. The fourth-order valence-electron chi connectivity index (χ4n) is 4.49. The molecule has 0 fully saturated rings. The first-order valence-corrected chi connectivity index (χ1v) is 11.3. The quantitative estimate of drug-likeness (QED) is 0.299. The largest absolute Gasteiger partial charge is 0.482 e. The average molecular weight is 448 g/mol. The summed E-state index contributed by atoms with van der Waals surface area (Å²) in [5.41, 5.74) is 8.31. The van der Waals surface area contributed by atoms with Crippen LogP contribution in [0.5, 0.6) is 5.75 Å². The molecule has 1 aromatic heterocycles. The minimum atomic E-state index is -0.987. The van der Waals surface area contributed by atoms with Gasteiger partial charge < -0.3 is 14.4 Å². The number of aryl methyl sites for hydroxylation is 1. The second kappa shape index (κ2) is 9.28. The Morgan fingerprint density at radius 3 is 2.12 bits per heavy atom. The number of carboxylic acids is 1. The van der Waals surface area contributed by atoms with E-state index in [1.165, 1.54) is 33.3 Å². The Hall–Kier alpha value is -4.31. The lowest BCUT2D eigenvalue weighted by molar-refractivity contribution is -0.139. The first kappa shape index (κ1) is 21.5. The first-order valence-electron chi connectivity index (χ1n) is 11.3. The van der Waals surface area contributed by atoms with Gasteiger partial charge >= 0.3 is 5.97 Å². The number of hydrogen-bond acceptors (Lipinski definition) is 2. The molecule has 0 amide bonds. The third-order valence-corrected chi connectivity index (χ3v) is 6.10. The van der Waals surface area contributed by atoms with Gasteiger partial charge in [-0.15, -0.1) is 0 Å². The summed E-state index contributed by atoms with van der Waals surface area (Å²) in [6.07, 6.45) is 0. The number of carbonyl (C=O) groups is 1. The molecule has 0 radical (unpaired) electrons. The molecule has 4 heteroatoms. The number of rotatable bonds is 7. The number of aromatic nitrogens is 1. The van der Waals surface area contributed by atoms with E-state index in [0.717, 1.165) is 17.7 Å². The van der Waals surface area contributed by atoms with Crippen LogP contribution in [0, 0.1) is 6.92 Å². The van der Waals surface area contributed by atoms with Crippen LogP contribution in [0.3, 0.4) is 0 Å². The number of ether oxygens (including phenoxy) is 1. The maximum Gasteiger partial charge on any atom is 0.341 e. The molecule has 0 spiro atoms. The molecule has 1 heterocycles. The molecular formula is C30H25NO3. The summed E-state index contributed by atoms with van der Waals surface area (Å²) in [6.45, 7) is 2.64. The topological polar surface area (TPSA) is 51.5 Å². The van der Waals surface area contributed by atoms with Crippen LogP contribution in [0.4, 0.5) is 0 Å². The number of hydrogen-bond donors (Lipinski definition) is 1. The van der Waals surface area contributed by atoms with E-state index in [4.69, 9.17) is 9.84 Å². The zero-order chi connectivity index (χ0) is 23.5. The molecule has 0 saturated heterocycles. The van der Waals surface area contributed by atoms with E-state index < -0.39 is 5.97 Å². The molecule has 0 unspecified atom stereocenters. The first-order chi connectivity index (χ1) is 16.6. The Balaban J connectivity index is 1.58. The highest BCUT2D eigenvalue weighted by molar-refractivity contribution is 5.94. The average Bonchev–Trinajstić information content (AvgIpc) is 3.15. The molecule has 4 nitrogen and oxygen atoms in total. The highest BCUT2D eigenvalue weighted by Crippen LogP contribution is 2.36. The van der Waals surface area contributed by atoms with Gasteiger partial charge in [0.1, 0.15) is 5.75 Å². The van der Waals surface area contributed by atoms with Gasteiger partial charge in [0, 0.05) is 17.4 Å². The number of benzene rings is 4. The van der Waals surface area contributed by atoms with E-state index in [-0.39, 0.29) is 6.61 Å². The molecule has 5 rings (SSSR count). The molecule has 4 aromatic carbocycles. The summed E-state index contributed by atoms with van der Waals surface area (Å²) < 4.78 is 7.67. The van der Waals surface area contributed by atoms with Crippen molar-refractivity contribution in [3.63, 3.8) is 0 Å². The van der Waals surface area contributed by atoms with E-state index in [9.17, 15) is 4.79 Å². The molecule has 0 aliphatic carbocycles. The fraction of sp³-hybridized carbons (Fsp3) is 0.100. The smallest absolute Gasteiger partial charge is 0.341 e. The zero-order valence-corrected chi connectivity index (χ0v) is 18.9. The van der Waals surface area contributed by atoms with Crippen molar-refractivity contribution in [3.05, 3.63) is 114 Å². The van der Waals surface area contributed by atoms with Gasteiger partial charge in [0.05, 0.1) is 5.69 Å². The highest BCUT2D eigenvalue weighted by atomic mass is 16.5. The normalized spacial score (nSPS) is 11.0. The molecule has 0 bridgehead atoms. The van der Waals surface area contributed by atoms with Crippen molar-refractivity contribution in [2.24, 2.45) is 0 Å². The maximum atomic E-state index is 10.7. The molecule has 1 N–H and O–H groups in total. The van der Waals surface area contributed by atoms with Crippen molar-refractivity contribution in [1.82, 2.24) is 4.57 Å². The molecular weight excluding hydrogens is 422 g/mol. The van der Waals surface area contributed by atoms with Crippen molar-refractivity contribution in [1.29, 1.82) is 0 Å². The van der Waals surface area contributed by atoms with Gasteiger partial charge in [-0.2, -0.15) is 0 Å². The van der Waals surface area contributed by atoms with Crippen LogP contribution in [-0.4, -0.2) is 22.2 Å². The van der Waals surface area contributed by atoms with Crippen molar-refractivity contribution in [2.75, 3.05) is 6.61 Å². The molecule has 168 valence electrons. The molecule has 0 aliphatic heterocycles. The highest BCUT2D eigenvalue weighted by Gasteiger charge is 2.17. The Bertz CT molecular complexity index is 1440. The van der Waals surface area contributed by atoms with E-state index in [0.29, 0.717) is 5.75 Å². The molecule has 0 atom stereocenters. The molecule has 0 aliphatic rings. The third-order valence-electron chi connectivity index (χ3n) is 6.10. The van der Waals surface area contributed by atoms with E-state index in [2.05, 4.69) is 78.2 Å². The lowest BCUT2D eigenvalue weighted by Gasteiger charge is -2.12. The summed E-state index contributed by atoms with van der Waals surface area (Å²) >= 11 is 0. The van der Waals surface area contributed by atoms with E-state index in [1.807, 2.05) is 36.4 Å². The molecule has 5 aromatic rings. The predicted octanol–water partition coefficient (Wildman–Crippen LogP) is 6.80. The monoisotopic (exact) mass is 447 g/mol. The number of fused-ring (bicyclic) bond motifs is 1. The third kappa shape index (κ3) is 4.30. The zero-order valence-electron chi connectivity index (χ0n) is 18.9. The Labute approximate surface area is 198 Å². The summed E-state index contributed by atoms with van der Waals surface area (Å²) in [7, 11) is 0. The van der Waals surface area contributed by atoms with Crippen LogP contribution < -0.4 is 4.74 Å². The van der Waals surface area contributed by atoms with Crippen LogP contribution in [0.15, 0.2) is 103 Å². The van der Waals surface area contributed by atoms with E-state index in [1.54, 1.807) is 0 Å². The lowest BCUT2D eigenvalue weighted by Crippen LogP contribution is -2.09. The summed E-state index contributed by atoms with van der Waals surface area (Å²) in [5.74, 6) is -0.442. The van der Waals surface area contributed by atoms with Crippen LogP contribution in [0.25, 0.3) is 33.3 Å². The van der Waals surface area contributed by atoms with Gasteiger partial charge in [0.2, 0.25) is 0 Å². The molecule has 0 saturated carbocycles. The SMILES string of the molecule is Cc1c(-c2ccccc2)n(Cc2ccccc2)c2ccc(-c3ccc(OCC(=O)O)cc3)cc12. The van der Waals surface area contributed by atoms with Crippen LogP contribution in [-0.2, 0) is 11.3 Å². The van der Waals surface area contributed by atoms with Gasteiger partial charge in [-0.25, -0.2) is 4.79 Å². The van der Waals surface area contributed by atoms with Crippen LogP contribution in [0.1, 0.15) is 11.1 Å². The number of nitrogens with zero attached hydrogens (tertiary/aromatic N) is 1. The number of aliphatic carboxylic acids is 1.